The van der Waals surface area contributed by atoms with Crippen molar-refractivity contribution in [1.82, 2.24) is 37.4 Å². The standard InChI is InChI=1S/C47H37N4.C42H35N4.2Pt/c1-32-14-12-15-33(2)46(32)34-26-27-48-45(28-34)51-41-21-9-8-20-39(41)40-25-24-36(30-44(40)51)47(3,4)35-16-13-19-38(29-35)50-31-49(37-17-6-5-7-18-37)42-22-10-11-23-43(42)50;1-28-12-10-13-29(2)41(28)30-22-23-43-40(24-30)46-36-17-7-6-16-34(36)35-21-20-32(26-39(35)46)42(3,4)31-14-11-15-33(25-31)45-27-44(5)37-18-8-9-19-38(37)45;;/h5-28,31H,1-4H3;6-24,27H,1-5H3;;/q2*-1;;/i;5D3;;. The van der Waals surface area contributed by atoms with Gasteiger partial charge in [0.15, 0.2) is 34.7 Å². The van der Waals surface area contributed by atoms with Crippen LogP contribution in [-0.4, -0.2) is 37.4 Å². The van der Waals surface area contributed by atoms with E-state index in [0.29, 0.717) is 5.52 Å². The van der Waals surface area contributed by atoms with Crippen molar-refractivity contribution in [1.29, 1.82) is 0 Å². The van der Waals surface area contributed by atoms with Gasteiger partial charge in [0.25, 0.3) is 0 Å². The smallest absolute Gasteiger partial charge is 0.188 e. The van der Waals surface area contributed by atoms with Crippen LogP contribution in [0.1, 0.15) is 76.3 Å². The first kappa shape index (κ1) is 62.2. The summed E-state index contributed by atoms with van der Waals surface area (Å²) in [6.07, 6.45) is 7.64. The number of aryl methyl sites for hydroxylation is 5. The van der Waals surface area contributed by atoms with Crippen molar-refractivity contribution in [3.8, 4) is 51.0 Å². The fraction of sp³-hybridized carbons (Fsp3) is 0.124. The zero-order valence-corrected chi connectivity index (χ0v) is 60.7. The van der Waals surface area contributed by atoms with E-state index >= 15 is 0 Å². The summed E-state index contributed by atoms with van der Waals surface area (Å²) in [7, 11) is 0. The molecule has 490 valence electrons. The number of hydrogen-bond acceptors (Lipinski definition) is 2. The Bertz CT molecular complexity index is 6010. The molecule has 0 aliphatic carbocycles. The average molecular weight is 1650 g/mol. The van der Waals surface area contributed by atoms with Gasteiger partial charge < -0.3 is 9.13 Å². The van der Waals surface area contributed by atoms with Crippen LogP contribution in [0, 0.1) is 52.0 Å². The quantitative estimate of drug-likeness (QED) is 0.121. The first-order chi connectivity index (χ1) is 48.4. The predicted octanol–water partition coefficient (Wildman–Crippen LogP) is 21.4. The Balaban J connectivity index is 0.000000170. The van der Waals surface area contributed by atoms with Gasteiger partial charge in [0.2, 0.25) is 0 Å². The molecule has 6 aromatic heterocycles. The minimum atomic E-state index is -2.31. The summed E-state index contributed by atoms with van der Waals surface area (Å²) in [6.45, 7) is 15.3. The third-order valence-corrected chi connectivity index (χ3v) is 19.7. The molecule has 0 spiro atoms. The van der Waals surface area contributed by atoms with Crippen molar-refractivity contribution in [3.63, 3.8) is 0 Å². The Kier molecular flexibility index (Phi) is 16.6. The second-order valence-corrected chi connectivity index (χ2v) is 26.5. The van der Waals surface area contributed by atoms with Gasteiger partial charge in [-0.05, 0) is 154 Å². The van der Waals surface area contributed by atoms with Gasteiger partial charge in [-0.2, -0.15) is 76.4 Å². The molecule has 0 amide bonds. The molecule has 0 aliphatic rings. The maximum absolute atomic E-state index is 8.11. The topological polar surface area (TPSA) is 55.4 Å². The fourth-order valence-electron chi connectivity index (χ4n) is 14.5. The molecule has 0 saturated carbocycles. The van der Waals surface area contributed by atoms with Crippen molar-refractivity contribution in [2.24, 2.45) is 6.98 Å². The molecule has 0 aliphatic heterocycles. The van der Waals surface area contributed by atoms with Gasteiger partial charge >= 0.3 is 0 Å². The van der Waals surface area contributed by atoms with E-state index in [0.717, 1.165) is 117 Å². The summed E-state index contributed by atoms with van der Waals surface area (Å²) in [6, 6.07) is 102. The molecular formula is C89H72N8Pt2-2. The molecule has 0 radical (unpaired) electrons. The van der Waals surface area contributed by atoms with E-state index in [1.807, 2.05) is 53.4 Å². The molecule has 0 bridgehead atoms. The fourth-order valence-corrected chi connectivity index (χ4v) is 14.5. The summed E-state index contributed by atoms with van der Waals surface area (Å²) < 4.78 is 36.5. The second-order valence-electron chi connectivity index (χ2n) is 26.5. The van der Waals surface area contributed by atoms with Crippen LogP contribution in [0.25, 0.3) is 117 Å². The molecule has 0 saturated heterocycles. The van der Waals surface area contributed by atoms with Gasteiger partial charge in [0.1, 0.15) is 17.3 Å². The Morgan fingerprint density at radius 2 is 0.737 bits per heavy atom. The van der Waals surface area contributed by atoms with E-state index in [9.17, 15) is 0 Å². The SMILES string of the molecule is Cc1cccc(C)c1-c1ccnc(-n2c3[c-]c(C(C)(C)c4[c-]c(-n5[cH+]n(-c6ccccc6)c6ccccc65)ccc4)ccc3c3ccccc32)c1.[2H]C([2H])([2H])n1[cH+]n(-c2[c-]c(C(C)(C)c3[c-]c4c(cc3)c3ccccc3n4-c3cc(-c4c(C)cccc4C)ccn3)ccc2)c2ccccc21.[Pt].[Pt]. The molecule has 17 aromatic rings. The molecule has 0 fully saturated rings. The van der Waals surface area contributed by atoms with E-state index in [1.54, 1.807) is 6.33 Å². The van der Waals surface area contributed by atoms with Gasteiger partial charge in [0.05, 0.1) is 0 Å². The molecule has 11 aromatic carbocycles. The summed E-state index contributed by atoms with van der Waals surface area (Å²) in [5.74, 6) is 1.72. The van der Waals surface area contributed by atoms with Crippen LogP contribution in [-0.2, 0) is 59.9 Å². The summed E-state index contributed by atoms with van der Waals surface area (Å²) in [4.78, 5) is 9.84. The number of benzene rings is 11. The molecule has 6 heterocycles. The predicted molar refractivity (Wildman–Crippen MR) is 400 cm³/mol. The zero-order chi connectivity index (χ0) is 68.8. The second kappa shape index (κ2) is 26.5. The van der Waals surface area contributed by atoms with Crippen molar-refractivity contribution in [2.75, 3.05) is 0 Å². The number of nitrogens with zero attached hydrogens (tertiary/aromatic N) is 8. The zero-order valence-electron chi connectivity index (χ0n) is 59.2. The normalized spacial score (nSPS) is 12.3. The van der Waals surface area contributed by atoms with Crippen LogP contribution >= 0.6 is 0 Å². The Morgan fingerprint density at radius 1 is 0.354 bits per heavy atom. The molecule has 0 unspecified atom stereocenters. The number of rotatable bonds is 11. The number of hydrogen-bond donors (Lipinski definition) is 0. The van der Waals surface area contributed by atoms with Crippen LogP contribution in [0.2, 0.25) is 0 Å². The van der Waals surface area contributed by atoms with E-state index in [1.165, 1.54) is 43.3 Å². The third-order valence-electron chi connectivity index (χ3n) is 19.7. The largest absolute Gasteiger partial charge is 0.319 e. The van der Waals surface area contributed by atoms with Gasteiger partial charge in [-0.15, -0.1) is 46.2 Å². The molecular weight excluding hydrogens is 1570 g/mol. The van der Waals surface area contributed by atoms with Crippen molar-refractivity contribution in [2.45, 2.75) is 66.2 Å². The number of pyridine rings is 2. The van der Waals surface area contributed by atoms with Gasteiger partial charge in [0, 0.05) is 112 Å². The van der Waals surface area contributed by atoms with Crippen molar-refractivity contribution in [3.05, 3.63) is 343 Å². The Labute approximate surface area is 611 Å². The molecule has 10 heteroatoms. The monoisotopic (exact) mass is 1650 g/mol. The van der Waals surface area contributed by atoms with Gasteiger partial charge in [-0.25, -0.2) is 23.7 Å². The van der Waals surface area contributed by atoms with Crippen LogP contribution < -0.4 is 0 Å². The molecule has 0 atom stereocenters. The molecule has 8 nitrogen and oxygen atoms in total. The number of aromatic nitrogens is 8. The van der Waals surface area contributed by atoms with Crippen LogP contribution in [0.5, 0.6) is 0 Å². The van der Waals surface area contributed by atoms with Crippen molar-refractivity contribution >= 4 is 65.7 Å². The van der Waals surface area contributed by atoms with Crippen LogP contribution in [0.15, 0.2) is 274 Å². The van der Waals surface area contributed by atoms with E-state index in [2.05, 4.69) is 317 Å². The van der Waals surface area contributed by atoms with E-state index < -0.39 is 17.8 Å². The molecule has 99 heavy (non-hydrogen) atoms. The number of imidazole rings is 2. The minimum absolute atomic E-state index is 0. The van der Waals surface area contributed by atoms with E-state index in [-0.39, 0.29) is 42.1 Å². The number of fused-ring (bicyclic) bond motifs is 8. The maximum Gasteiger partial charge on any atom is 0.188 e. The first-order valence-corrected chi connectivity index (χ1v) is 33.0. The Morgan fingerprint density at radius 3 is 1.20 bits per heavy atom. The summed E-state index contributed by atoms with van der Waals surface area (Å²) in [5.41, 5.74) is 23.8. The van der Waals surface area contributed by atoms with Gasteiger partial charge in [-0.1, -0.05) is 142 Å². The maximum atomic E-state index is 8.11. The van der Waals surface area contributed by atoms with Crippen LogP contribution in [0.3, 0.4) is 0 Å². The molecule has 17 rings (SSSR count). The van der Waals surface area contributed by atoms with Gasteiger partial charge in [-0.3, -0.25) is 0 Å². The van der Waals surface area contributed by atoms with Crippen molar-refractivity contribution < 1.29 is 46.2 Å². The number of para-hydroxylation sites is 7. The Hall–Kier alpha value is -10.4. The molecule has 0 N–H and O–H groups in total. The summed E-state index contributed by atoms with van der Waals surface area (Å²) in [5, 5.41) is 4.60. The summed E-state index contributed by atoms with van der Waals surface area (Å²) >= 11 is 0. The van der Waals surface area contributed by atoms with Crippen LogP contribution in [0.4, 0.5) is 0 Å². The average Bonchev–Trinajstić information content (AvgIpc) is 1.58. The third kappa shape index (κ3) is 11.6. The van der Waals surface area contributed by atoms with E-state index in [4.69, 9.17) is 14.1 Å². The minimum Gasteiger partial charge on any atom is -0.319 e. The first-order valence-electron chi connectivity index (χ1n) is 34.5.